The van der Waals surface area contributed by atoms with Crippen LogP contribution in [0.4, 0.5) is 5.00 Å². The lowest BCUT2D eigenvalue weighted by Gasteiger charge is -2.24. The molecule has 9 heteroatoms. The molecule has 1 aromatic rings. The van der Waals surface area contributed by atoms with Crippen molar-refractivity contribution in [3.8, 4) is 0 Å². The molecular formula is C7H9N5O3S. The molecule has 1 saturated heterocycles. The Morgan fingerprint density at radius 1 is 1.44 bits per heavy atom. The lowest BCUT2D eigenvalue weighted by Crippen LogP contribution is -2.45. The molecule has 0 radical (unpaired) electrons. The minimum atomic E-state index is -0.382. The summed E-state index contributed by atoms with van der Waals surface area (Å²) in [6.07, 6.45) is 0. The Labute approximate surface area is 94.5 Å². The highest BCUT2D eigenvalue weighted by Gasteiger charge is 2.28. The second-order valence-electron chi connectivity index (χ2n) is 3.06. The van der Waals surface area contributed by atoms with Gasteiger partial charge in [0.15, 0.2) is 0 Å². The lowest BCUT2D eigenvalue weighted by molar-refractivity contribution is -0.159. The predicted molar refractivity (Wildman–Crippen MR) is 54.1 cm³/mol. The number of anilines is 1. The van der Waals surface area contributed by atoms with Crippen LogP contribution in [0.2, 0.25) is 0 Å². The monoisotopic (exact) mass is 243 g/mol. The molecule has 86 valence electrons. The van der Waals surface area contributed by atoms with Crippen molar-refractivity contribution >= 4 is 28.3 Å². The van der Waals surface area contributed by atoms with E-state index in [1.807, 2.05) is 0 Å². The number of carbonyl (C=O) groups excluding carboxylic acids is 2. The van der Waals surface area contributed by atoms with Crippen LogP contribution in [0.3, 0.4) is 0 Å². The van der Waals surface area contributed by atoms with Crippen LogP contribution in [0.5, 0.6) is 0 Å². The Morgan fingerprint density at radius 2 is 2.12 bits per heavy atom. The number of hydrazine groups is 1. The summed E-state index contributed by atoms with van der Waals surface area (Å²) >= 11 is 1.06. The molecule has 0 unspecified atom stereocenters. The number of hydrogen-bond acceptors (Lipinski definition) is 8. The number of nitrogens with two attached hydrogens (primary N) is 1. The van der Waals surface area contributed by atoms with Gasteiger partial charge >= 0.3 is 0 Å². The molecule has 2 heterocycles. The summed E-state index contributed by atoms with van der Waals surface area (Å²) in [7, 11) is 0. The molecule has 1 aliphatic heterocycles. The Bertz CT molecular complexity index is 404. The summed E-state index contributed by atoms with van der Waals surface area (Å²) in [5, 5.41) is 4.32. The van der Waals surface area contributed by atoms with E-state index in [2.05, 4.69) is 15.0 Å². The van der Waals surface area contributed by atoms with E-state index in [1.54, 1.807) is 0 Å². The fourth-order valence-electron chi connectivity index (χ4n) is 1.27. The smallest absolute Gasteiger partial charge is 0.255 e. The minimum Gasteiger partial charge on any atom is -0.362 e. The summed E-state index contributed by atoms with van der Waals surface area (Å²) in [4.78, 5) is 23.9. The number of morpholine rings is 1. The maximum Gasteiger partial charge on any atom is 0.255 e. The standard InChI is InChI=1S/C7H9N5O3S/c8-9-7-4(10-11-16-7)1-12-5(13)2-15-3-6(12)14/h9H,1-3,8H2. The number of nitrogen functional groups attached to an aromatic ring is 1. The summed E-state index contributed by atoms with van der Waals surface area (Å²) in [5.74, 6) is 4.47. The average molecular weight is 243 g/mol. The fraction of sp³-hybridized carbons (Fsp3) is 0.429. The largest absolute Gasteiger partial charge is 0.362 e. The molecule has 8 nitrogen and oxygen atoms in total. The van der Waals surface area contributed by atoms with Crippen molar-refractivity contribution in [1.29, 1.82) is 0 Å². The molecule has 0 aromatic carbocycles. The van der Waals surface area contributed by atoms with Crippen molar-refractivity contribution in [1.82, 2.24) is 14.5 Å². The van der Waals surface area contributed by atoms with Gasteiger partial charge in [-0.15, -0.1) is 5.10 Å². The molecule has 1 aromatic heterocycles. The second kappa shape index (κ2) is 4.51. The number of rotatable bonds is 3. The van der Waals surface area contributed by atoms with E-state index in [0.717, 1.165) is 16.4 Å². The average Bonchev–Trinajstić information content (AvgIpc) is 2.71. The third kappa shape index (κ3) is 2.01. The van der Waals surface area contributed by atoms with E-state index in [9.17, 15) is 9.59 Å². The number of nitrogens with zero attached hydrogens (tertiary/aromatic N) is 3. The Kier molecular flexibility index (Phi) is 3.08. The van der Waals surface area contributed by atoms with E-state index in [-0.39, 0.29) is 31.6 Å². The van der Waals surface area contributed by atoms with Crippen LogP contribution >= 0.6 is 11.5 Å². The van der Waals surface area contributed by atoms with Crippen molar-refractivity contribution in [3.63, 3.8) is 0 Å². The van der Waals surface area contributed by atoms with Gasteiger partial charge in [0.2, 0.25) is 0 Å². The highest BCUT2D eigenvalue weighted by molar-refractivity contribution is 7.10. The number of imide groups is 1. The van der Waals surface area contributed by atoms with Crippen LogP contribution in [0.1, 0.15) is 5.69 Å². The highest BCUT2D eigenvalue weighted by atomic mass is 32.1. The SMILES string of the molecule is NNc1snnc1CN1C(=O)COCC1=O. The van der Waals surface area contributed by atoms with Gasteiger partial charge in [0.1, 0.15) is 23.9 Å². The molecule has 0 atom stereocenters. The van der Waals surface area contributed by atoms with Gasteiger partial charge in [0, 0.05) is 11.5 Å². The zero-order valence-corrected chi connectivity index (χ0v) is 8.99. The van der Waals surface area contributed by atoms with E-state index in [4.69, 9.17) is 10.6 Å². The third-order valence-corrected chi connectivity index (χ3v) is 2.75. The molecule has 0 bridgehead atoms. The van der Waals surface area contributed by atoms with Crippen LogP contribution < -0.4 is 11.3 Å². The molecule has 0 spiro atoms. The van der Waals surface area contributed by atoms with Gasteiger partial charge < -0.3 is 10.2 Å². The number of nitrogens with one attached hydrogen (secondary N) is 1. The maximum absolute atomic E-state index is 11.4. The van der Waals surface area contributed by atoms with Crippen LogP contribution in [0, 0.1) is 0 Å². The predicted octanol–water partition coefficient (Wildman–Crippen LogP) is -1.29. The number of ether oxygens (including phenoxy) is 1. The van der Waals surface area contributed by atoms with Gasteiger partial charge in [0.25, 0.3) is 11.8 Å². The molecule has 1 aliphatic rings. The van der Waals surface area contributed by atoms with Crippen molar-refractivity contribution in [2.75, 3.05) is 18.6 Å². The zero-order chi connectivity index (χ0) is 11.5. The second-order valence-corrected chi connectivity index (χ2v) is 3.81. The molecule has 0 saturated carbocycles. The summed E-state index contributed by atoms with van der Waals surface area (Å²) in [6.45, 7) is -0.111. The zero-order valence-electron chi connectivity index (χ0n) is 8.17. The lowest BCUT2D eigenvalue weighted by atomic mass is 10.3. The van der Waals surface area contributed by atoms with Crippen molar-refractivity contribution < 1.29 is 14.3 Å². The molecule has 1 fully saturated rings. The molecule has 2 amide bonds. The van der Waals surface area contributed by atoms with Gasteiger partial charge in [-0.25, -0.2) is 5.84 Å². The molecule has 0 aliphatic carbocycles. The van der Waals surface area contributed by atoms with Gasteiger partial charge in [0.05, 0.1) is 6.54 Å². The van der Waals surface area contributed by atoms with E-state index in [0.29, 0.717) is 10.7 Å². The van der Waals surface area contributed by atoms with Crippen molar-refractivity contribution in [3.05, 3.63) is 5.69 Å². The Hall–Kier alpha value is -1.58. The van der Waals surface area contributed by atoms with Gasteiger partial charge in [-0.3, -0.25) is 14.5 Å². The van der Waals surface area contributed by atoms with Gasteiger partial charge in [-0.2, -0.15) is 0 Å². The summed E-state index contributed by atoms with van der Waals surface area (Å²) in [5.41, 5.74) is 2.88. The van der Waals surface area contributed by atoms with Crippen LogP contribution in [0.25, 0.3) is 0 Å². The third-order valence-electron chi connectivity index (χ3n) is 2.05. The minimum absolute atomic E-state index is 0.0665. The quantitative estimate of drug-likeness (QED) is 0.386. The first kappa shape index (κ1) is 10.9. The topological polar surface area (TPSA) is 110 Å². The van der Waals surface area contributed by atoms with Crippen LogP contribution in [0.15, 0.2) is 0 Å². The van der Waals surface area contributed by atoms with Crippen LogP contribution in [-0.2, 0) is 20.9 Å². The number of amides is 2. The molecule has 2 rings (SSSR count). The summed E-state index contributed by atoms with van der Waals surface area (Å²) < 4.78 is 8.46. The summed E-state index contributed by atoms with van der Waals surface area (Å²) in [6, 6.07) is 0. The van der Waals surface area contributed by atoms with E-state index >= 15 is 0 Å². The molecule has 16 heavy (non-hydrogen) atoms. The van der Waals surface area contributed by atoms with Gasteiger partial charge in [-0.1, -0.05) is 4.49 Å². The first-order valence-electron chi connectivity index (χ1n) is 4.41. The van der Waals surface area contributed by atoms with E-state index in [1.165, 1.54) is 0 Å². The van der Waals surface area contributed by atoms with E-state index < -0.39 is 0 Å². The normalized spacial score (nSPS) is 16.7. The first-order valence-corrected chi connectivity index (χ1v) is 5.18. The number of carbonyl (C=O) groups is 2. The first-order chi connectivity index (χ1) is 7.72. The van der Waals surface area contributed by atoms with Gasteiger partial charge in [-0.05, 0) is 0 Å². The Balaban J connectivity index is 2.13. The number of hydrogen-bond donors (Lipinski definition) is 2. The van der Waals surface area contributed by atoms with Crippen molar-refractivity contribution in [2.45, 2.75) is 6.54 Å². The Morgan fingerprint density at radius 3 is 2.75 bits per heavy atom. The van der Waals surface area contributed by atoms with Crippen molar-refractivity contribution in [2.24, 2.45) is 5.84 Å². The molecular weight excluding hydrogens is 234 g/mol. The van der Waals surface area contributed by atoms with Crippen LogP contribution in [-0.4, -0.2) is 39.5 Å². The fourth-order valence-corrected chi connectivity index (χ4v) is 1.75. The number of aromatic nitrogens is 2. The maximum atomic E-state index is 11.4. The highest BCUT2D eigenvalue weighted by Crippen LogP contribution is 2.18. The molecule has 3 N–H and O–H groups in total.